The molecule has 0 fully saturated rings. The molecule has 3 rings (SSSR count). The number of rotatable bonds is 8. The molecule has 2 aromatic carbocycles. The largest absolute Gasteiger partial charge is 0.503 e. The Labute approximate surface area is 183 Å². The lowest BCUT2D eigenvalue weighted by Crippen LogP contribution is -2.31. The highest BCUT2D eigenvalue weighted by atomic mass is 19.3. The van der Waals surface area contributed by atoms with E-state index in [4.69, 9.17) is 9.47 Å². The van der Waals surface area contributed by atoms with Gasteiger partial charge in [0.25, 0.3) is 5.91 Å². The topological polar surface area (TPSA) is 85.3 Å². The van der Waals surface area contributed by atoms with Crippen LogP contribution in [0.25, 0.3) is 0 Å². The predicted molar refractivity (Wildman–Crippen MR) is 112 cm³/mol. The molecule has 0 unspecified atom stereocenters. The number of halogens is 2. The maximum Gasteiger partial charge on any atom is 0.387 e. The SMILES string of the molecule is COc1ccc([C@H]2C(C(=O)C(C)C)=C(O)C(=O)N2c2ccccc2OC)cc1OC(F)F. The molecule has 0 bridgehead atoms. The summed E-state index contributed by atoms with van der Waals surface area (Å²) >= 11 is 0. The molecule has 1 amide bonds. The number of alkyl halides is 2. The van der Waals surface area contributed by atoms with Crippen molar-refractivity contribution in [1.29, 1.82) is 0 Å². The zero-order chi connectivity index (χ0) is 23.6. The molecule has 7 nitrogen and oxygen atoms in total. The highest BCUT2D eigenvalue weighted by Gasteiger charge is 2.45. The van der Waals surface area contributed by atoms with Crippen molar-refractivity contribution >= 4 is 17.4 Å². The van der Waals surface area contributed by atoms with Crippen LogP contribution in [0.15, 0.2) is 53.8 Å². The van der Waals surface area contributed by atoms with Crippen LogP contribution in [0.2, 0.25) is 0 Å². The van der Waals surface area contributed by atoms with Gasteiger partial charge in [-0.25, -0.2) is 0 Å². The van der Waals surface area contributed by atoms with E-state index in [-0.39, 0.29) is 22.6 Å². The van der Waals surface area contributed by atoms with Crippen LogP contribution in [0.1, 0.15) is 25.5 Å². The first-order valence-electron chi connectivity index (χ1n) is 9.77. The van der Waals surface area contributed by atoms with Crippen molar-refractivity contribution in [3.8, 4) is 17.2 Å². The van der Waals surface area contributed by atoms with E-state index in [0.29, 0.717) is 11.4 Å². The predicted octanol–water partition coefficient (Wildman–Crippen LogP) is 4.43. The third-order valence-electron chi connectivity index (χ3n) is 5.06. The second kappa shape index (κ2) is 9.25. The molecular weight excluding hydrogens is 424 g/mol. The normalized spacial score (nSPS) is 16.2. The highest BCUT2D eigenvalue weighted by Crippen LogP contribution is 2.46. The van der Waals surface area contributed by atoms with Gasteiger partial charge in [-0.05, 0) is 29.8 Å². The molecule has 2 aromatic rings. The second-order valence-electron chi connectivity index (χ2n) is 7.32. The number of anilines is 1. The van der Waals surface area contributed by atoms with Gasteiger partial charge in [0.05, 0.1) is 31.5 Å². The maximum atomic E-state index is 13.1. The molecule has 0 aliphatic carbocycles. The third kappa shape index (κ3) is 4.10. The zero-order valence-corrected chi connectivity index (χ0v) is 18.0. The van der Waals surface area contributed by atoms with E-state index < -0.39 is 36.0 Å². The number of methoxy groups -OCH3 is 2. The van der Waals surface area contributed by atoms with Gasteiger partial charge in [0.1, 0.15) is 5.75 Å². The van der Waals surface area contributed by atoms with Crippen molar-refractivity contribution in [1.82, 2.24) is 0 Å². The molecule has 0 saturated carbocycles. The first-order valence-corrected chi connectivity index (χ1v) is 9.77. The van der Waals surface area contributed by atoms with Crippen molar-refractivity contribution in [2.45, 2.75) is 26.5 Å². The fourth-order valence-electron chi connectivity index (χ4n) is 3.61. The van der Waals surface area contributed by atoms with Crippen molar-refractivity contribution in [2.75, 3.05) is 19.1 Å². The van der Waals surface area contributed by atoms with Crippen LogP contribution in [-0.4, -0.2) is 37.6 Å². The molecular formula is C23H23F2NO6. The number of aliphatic hydroxyl groups excluding tert-OH is 1. The second-order valence-corrected chi connectivity index (χ2v) is 7.32. The Balaban J connectivity index is 2.25. The molecule has 0 saturated heterocycles. The number of carbonyl (C=O) groups is 2. The van der Waals surface area contributed by atoms with Gasteiger partial charge >= 0.3 is 6.61 Å². The monoisotopic (exact) mass is 447 g/mol. The molecule has 1 aliphatic heterocycles. The molecule has 1 N–H and O–H groups in total. The smallest absolute Gasteiger partial charge is 0.387 e. The molecule has 0 radical (unpaired) electrons. The molecule has 32 heavy (non-hydrogen) atoms. The average Bonchev–Trinajstić information content (AvgIpc) is 3.03. The van der Waals surface area contributed by atoms with E-state index in [1.165, 1.54) is 37.3 Å². The Bertz CT molecular complexity index is 1070. The van der Waals surface area contributed by atoms with Crippen LogP contribution in [0, 0.1) is 5.92 Å². The van der Waals surface area contributed by atoms with Crippen molar-refractivity contribution in [3.63, 3.8) is 0 Å². The minimum atomic E-state index is -3.12. The van der Waals surface area contributed by atoms with Crippen LogP contribution < -0.4 is 19.1 Å². The summed E-state index contributed by atoms with van der Waals surface area (Å²) in [5.41, 5.74) is 0.438. The number of carbonyl (C=O) groups excluding carboxylic acids is 2. The Hall–Kier alpha value is -3.62. The molecule has 170 valence electrons. The van der Waals surface area contributed by atoms with Gasteiger partial charge in [-0.15, -0.1) is 0 Å². The van der Waals surface area contributed by atoms with Gasteiger partial charge in [-0.1, -0.05) is 32.0 Å². The number of hydrogen-bond donors (Lipinski definition) is 1. The third-order valence-corrected chi connectivity index (χ3v) is 5.06. The zero-order valence-electron chi connectivity index (χ0n) is 18.0. The number of ether oxygens (including phenoxy) is 3. The van der Waals surface area contributed by atoms with E-state index in [2.05, 4.69) is 4.74 Å². The maximum absolute atomic E-state index is 13.1. The highest BCUT2D eigenvalue weighted by molar-refractivity contribution is 6.17. The van der Waals surface area contributed by atoms with Gasteiger partial charge in [-0.2, -0.15) is 8.78 Å². The van der Waals surface area contributed by atoms with Gasteiger partial charge in [0.2, 0.25) is 0 Å². The first-order chi connectivity index (χ1) is 15.2. The first kappa shape index (κ1) is 23.1. The molecule has 1 atom stereocenters. The molecule has 1 heterocycles. The van der Waals surface area contributed by atoms with Gasteiger partial charge in [-0.3, -0.25) is 14.5 Å². The molecule has 9 heteroatoms. The Morgan fingerprint density at radius 1 is 1.03 bits per heavy atom. The summed E-state index contributed by atoms with van der Waals surface area (Å²) in [7, 11) is 2.72. The van der Waals surface area contributed by atoms with Crippen LogP contribution in [0.3, 0.4) is 0 Å². The fraction of sp³-hybridized carbons (Fsp3) is 0.304. The number of benzene rings is 2. The molecule has 0 spiro atoms. The lowest BCUT2D eigenvalue weighted by molar-refractivity contribution is -0.119. The van der Waals surface area contributed by atoms with Crippen molar-refractivity contribution in [2.24, 2.45) is 5.92 Å². The lowest BCUT2D eigenvalue weighted by Gasteiger charge is -2.29. The van der Waals surface area contributed by atoms with Crippen molar-refractivity contribution in [3.05, 3.63) is 59.4 Å². The summed E-state index contributed by atoms with van der Waals surface area (Å²) < 4.78 is 40.9. The quantitative estimate of drug-likeness (QED) is 0.645. The van der Waals surface area contributed by atoms with Crippen LogP contribution in [-0.2, 0) is 9.59 Å². The van der Waals surface area contributed by atoms with Crippen LogP contribution >= 0.6 is 0 Å². The minimum Gasteiger partial charge on any atom is -0.503 e. The number of hydrogen-bond acceptors (Lipinski definition) is 6. The Morgan fingerprint density at radius 3 is 2.28 bits per heavy atom. The summed E-state index contributed by atoms with van der Waals surface area (Å²) in [5, 5.41) is 10.7. The van der Waals surface area contributed by atoms with E-state index >= 15 is 0 Å². The van der Waals surface area contributed by atoms with E-state index in [1.807, 2.05) is 0 Å². The number of Topliss-reactive ketones (excluding diaryl/α,β-unsaturated/α-hetero) is 1. The average molecular weight is 447 g/mol. The van der Waals surface area contributed by atoms with Gasteiger partial charge < -0.3 is 19.3 Å². The summed E-state index contributed by atoms with van der Waals surface area (Å²) in [6.07, 6.45) is 0. The van der Waals surface area contributed by atoms with Crippen LogP contribution in [0.4, 0.5) is 14.5 Å². The van der Waals surface area contributed by atoms with Gasteiger partial charge in [0.15, 0.2) is 23.0 Å². The summed E-state index contributed by atoms with van der Waals surface area (Å²) in [6.45, 7) is 0.153. The van der Waals surface area contributed by atoms with E-state index in [1.54, 1.807) is 38.1 Å². The summed E-state index contributed by atoms with van der Waals surface area (Å²) in [6, 6.07) is 9.66. The Kier molecular flexibility index (Phi) is 6.67. The van der Waals surface area contributed by atoms with Crippen molar-refractivity contribution < 1.29 is 37.7 Å². The molecule has 0 aromatic heterocycles. The number of nitrogens with zero attached hydrogens (tertiary/aromatic N) is 1. The minimum absolute atomic E-state index is 0.0483. The van der Waals surface area contributed by atoms with Gasteiger partial charge in [0, 0.05) is 5.92 Å². The summed E-state index contributed by atoms with van der Waals surface area (Å²) in [5.74, 6) is -2.39. The van der Waals surface area contributed by atoms with E-state index in [0.717, 1.165) is 0 Å². The van der Waals surface area contributed by atoms with Crippen LogP contribution in [0.5, 0.6) is 17.2 Å². The standard InChI is InChI=1S/C23H23F2NO6/c1-12(2)20(27)18-19(13-9-10-16(31-4)17(11-13)32-23(24)25)26(22(29)21(18)28)14-7-5-6-8-15(14)30-3/h5-12,19,23,28H,1-4H3/t19-/m0/s1. The summed E-state index contributed by atoms with van der Waals surface area (Å²) in [4.78, 5) is 27.3. The molecule has 1 aliphatic rings. The number of amides is 1. The number of ketones is 1. The van der Waals surface area contributed by atoms with E-state index in [9.17, 15) is 23.5 Å². The fourth-order valence-corrected chi connectivity index (χ4v) is 3.61. The lowest BCUT2D eigenvalue weighted by atomic mass is 9.91. The number of para-hydroxylation sites is 2. The Morgan fingerprint density at radius 2 is 1.69 bits per heavy atom. The number of aliphatic hydroxyl groups is 1.